The molecule has 0 aromatic rings. The van der Waals surface area contributed by atoms with Crippen LogP contribution in [0.1, 0.15) is 58.8 Å². The highest BCUT2D eigenvalue weighted by Crippen LogP contribution is 2.65. The van der Waals surface area contributed by atoms with E-state index in [1.807, 2.05) is 0 Å². The summed E-state index contributed by atoms with van der Waals surface area (Å²) < 4.78 is 12.2. The van der Waals surface area contributed by atoms with Crippen LogP contribution in [0.3, 0.4) is 0 Å². The topological polar surface area (TPSA) is 18.5 Å². The largest absolute Gasteiger partial charge is 0.347 e. The van der Waals surface area contributed by atoms with Gasteiger partial charge in [0.2, 0.25) is 0 Å². The van der Waals surface area contributed by atoms with Crippen LogP contribution in [0, 0.1) is 22.7 Å². The third-order valence-corrected chi connectivity index (χ3v) is 7.62. The molecule has 1 aliphatic heterocycles. The van der Waals surface area contributed by atoms with Crippen molar-refractivity contribution in [2.75, 3.05) is 13.2 Å². The summed E-state index contributed by atoms with van der Waals surface area (Å²) in [5.74, 6) is 0.807. The molecule has 1 saturated heterocycles. The lowest BCUT2D eigenvalue weighted by molar-refractivity contribution is -0.243. The van der Waals surface area contributed by atoms with E-state index in [0.29, 0.717) is 11.8 Å². The summed E-state index contributed by atoms with van der Waals surface area (Å²) in [6.07, 6.45) is 13.3. The van der Waals surface area contributed by atoms with Gasteiger partial charge >= 0.3 is 0 Å². The van der Waals surface area contributed by atoms with E-state index < -0.39 is 0 Å². The molecule has 23 heavy (non-hydrogen) atoms. The molecule has 0 radical (unpaired) electrons. The Labute approximate surface area is 145 Å². The maximum atomic E-state index is 6.12. The quantitative estimate of drug-likeness (QED) is 0.595. The predicted octanol–water partition coefficient (Wildman–Crippen LogP) is 5.42. The lowest BCUT2D eigenvalue weighted by Crippen LogP contribution is -2.56. The number of ether oxygens (including phenoxy) is 2. The van der Waals surface area contributed by atoms with Crippen LogP contribution in [0.5, 0.6) is 0 Å². The van der Waals surface area contributed by atoms with E-state index in [2.05, 4.69) is 26.0 Å². The second-order valence-electron chi connectivity index (χ2n) is 8.32. The van der Waals surface area contributed by atoms with Crippen LogP contribution in [0.2, 0.25) is 0 Å². The first kappa shape index (κ1) is 16.2. The van der Waals surface area contributed by atoms with E-state index >= 15 is 0 Å². The van der Waals surface area contributed by atoms with E-state index in [-0.39, 0.29) is 16.6 Å². The Kier molecular flexibility index (Phi) is 3.94. The van der Waals surface area contributed by atoms with Crippen molar-refractivity contribution in [3.05, 3.63) is 23.3 Å². The van der Waals surface area contributed by atoms with Gasteiger partial charge in [0.15, 0.2) is 5.79 Å². The number of allylic oxidation sites excluding steroid dienone is 3. The molecule has 1 spiro atoms. The molecular weight excluding hydrogens is 308 g/mol. The van der Waals surface area contributed by atoms with Crippen LogP contribution in [-0.2, 0) is 9.47 Å². The fourth-order valence-electron chi connectivity index (χ4n) is 6.34. The van der Waals surface area contributed by atoms with Crippen LogP contribution in [0.4, 0.5) is 0 Å². The van der Waals surface area contributed by atoms with Crippen molar-refractivity contribution in [1.29, 1.82) is 0 Å². The zero-order chi connectivity index (χ0) is 16.1. The van der Waals surface area contributed by atoms with E-state index in [1.165, 1.54) is 38.5 Å². The van der Waals surface area contributed by atoms with Crippen molar-refractivity contribution in [3.8, 4) is 0 Å². The van der Waals surface area contributed by atoms with Gasteiger partial charge in [-0.1, -0.05) is 43.2 Å². The molecule has 0 bridgehead atoms. The minimum atomic E-state index is -0.304. The second-order valence-corrected chi connectivity index (χ2v) is 8.57. The first-order chi connectivity index (χ1) is 11.1. The number of hydrogen-bond donors (Lipinski definition) is 0. The molecule has 128 valence electrons. The normalized spacial score (nSPS) is 45.8. The summed E-state index contributed by atoms with van der Waals surface area (Å²) in [7, 11) is 0. The molecular formula is C20H29ClO2. The number of halogens is 1. The van der Waals surface area contributed by atoms with E-state index in [1.54, 1.807) is 11.1 Å². The molecule has 3 heteroatoms. The van der Waals surface area contributed by atoms with Crippen molar-refractivity contribution in [2.45, 2.75) is 64.6 Å². The third-order valence-electron chi connectivity index (χ3n) is 7.50. The van der Waals surface area contributed by atoms with E-state index in [9.17, 15) is 0 Å². The van der Waals surface area contributed by atoms with Gasteiger partial charge in [-0.15, -0.1) is 0 Å². The lowest BCUT2D eigenvalue weighted by atomic mass is 9.46. The molecule has 2 nitrogen and oxygen atoms in total. The molecule has 1 heterocycles. The van der Waals surface area contributed by atoms with Crippen LogP contribution in [0.25, 0.3) is 0 Å². The lowest BCUT2D eigenvalue weighted by Gasteiger charge is -2.60. The van der Waals surface area contributed by atoms with Crippen molar-refractivity contribution in [2.24, 2.45) is 22.7 Å². The summed E-state index contributed by atoms with van der Waals surface area (Å²) in [5, 5.41) is 0. The zero-order valence-corrected chi connectivity index (χ0v) is 15.2. The van der Waals surface area contributed by atoms with Gasteiger partial charge in [-0.2, -0.15) is 0 Å². The van der Waals surface area contributed by atoms with Crippen LogP contribution in [-0.4, -0.2) is 19.0 Å². The Morgan fingerprint density at radius 1 is 1.17 bits per heavy atom. The Morgan fingerprint density at radius 2 is 1.96 bits per heavy atom. The van der Waals surface area contributed by atoms with Gasteiger partial charge in [-0.3, -0.25) is 0 Å². The summed E-state index contributed by atoms with van der Waals surface area (Å²) in [5.41, 5.74) is 3.92. The van der Waals surface area contributed by atoms with Crippen molar-refractivity contribution in [1.82, 2.24) is 0 Å². The minimum Gasteiger partial charge on any atom is -0.347 e. The van der Waals surface area contributed by atoms with Gasteiger partial charge in [0.25, 0.3) is 0 Å². The standard InChI is InChI=1S/C20H29ClO2/c1-15-16-6-8-19(11-12-21)7-4-3-5-17(19)18(16,2)9-10-20(15)22-13-14-23-20/h5,11-12,15-16H,3-4,6-10,13-14H2,1-2H3/b12-11+. The van der Waals surface area contributed by atoms with Gasteiger partial charge in [0.05, 0.1) is 13.2 Å². The van der Waals surface area contributed by atoms with Gasteiger partial charge in [0, 0.05) is 23.3 Å². The average Bonchev–Trinajstić information content (AvgIpc) is 3.02. The predicted molar refractivity (Wildman–Crippen MR) is 93.2 cm³/mol. The molecule has 2 saturated carbocycles. The first-order valence-corrected chi connectivity index (χ1v) is 9.77. The van der Waals surface area contributed by atoms with Gasteiger partial charge < -0.3 is 9.47 Å². The maximum absolute atomic E-state index is 6.12. The molecule has 4 atom stereocenters. The van der Waals surface area contributed by atoms with E-state index in [4.69, 9.17) is 21.1 Å². The highest BCUT2D eigenvalue weighted by atomic mass is 35.5. The Bertz CT molecular complexity index is 534. The van der Waals surface area contributed by atoms with Crippen LogP contribution < -0.4 is 0 Å². The molecule has 4 rings (SSSR count). The number of hydrogen-bond acceptors (Lipinski definition) is 2. The molecule has 4 aliphatic rings. The molecule has 0 N–H and O–H groups in total. The minimum absolute atomic E-state index is 0.215. The fraction of sp³-hybridized carbons (Fsp3) is 0.800. The molecule has 3 aliphatic carbocycles. The van der Waals surface area contributed by atoms with E-state index in [0.717, 1.165) is 19.6 Å². The highest BCUT2D eigenvalue weighted by molar-refractivity contribution is 6.25. The average molecular weight is 337 g/mol. The van der Waals surface area contributed by atoms with Gasteiger partial charge in [0.1, 0.15) is 0 Å². The number of fused-ring (bicyclic) bond motifs is 3. The smallest absolute Gasteiger partial charge is 0.171 e. The highest BCUT2D eigenvalue weighted by Gasteiger charge is 2.60. The van der Waals surface area contributed by atoms with Gasteiger partial charge in [-0.05, 0) is 49.9 Å². The molecule has 0 amide bonds. The maximum Gasteiger partial charge on any atom is 0.171 e. The first-order valence-electron chi connectivity index (χ1n) is 9.33. The SMILES string of the molecule is CC1C2CCC3(/C=C/Cl)CCCC=C3C2(C)CCC12OCCO2. The summed E-state index contributed by atoms with van der Waals surface area (Å²) >= 11 is 6.05. The van der Waals surface area contributed by atoms with Crippen molar-refractivity contribution >= 4 is 11.6 Å². The molecule has 0 aromatic heterocycles. The molecule has 4 unspecified atom stereocenters. The number of rotatable bonds is 1. The Morgan fingerprint density at radius 3 is 2.70 bits per heavy atom. The Balaban J connectivity index is 1.72. The monoisotopic (exact) mass is 336 g/mol. The summed E-state index contributed by atoms with van der Waals surface area (Å²) in [6, 6.07) is 0. The van der Waals surface area contributed by atoms with Crippen molar-refractivity contribution in [3.63, 3.8) is 0 Å². The Hall–Kier alpha value is -0.310. The summed E-state index contributed by atoms with van der Waals surface area (Å²) in [4.78, 5) is 0. The fourth-order valence-corrected chi connectivity index (χ4v) is 6.58. The van der Waals surface area contributed by atoms with Crippen molar-refractivity contribution < 1.29 is 9.47 Å². The van der Waals surface area contributed by atoms with Crippen LogP contribution >= 0.6 is 11.6 Å². The molecule has 3 fully saturated rings. The van der Waals surface area contributed by atoms with Gasteiger partial charge in [-0.25, -0.2) is 0 Å². The summed E-state index contributed by atoms with van der Waals surface area (Å²) in [6.45, 7) is 6.38. The molecule has 0 aromatic carbocycles. The van der Waals surface area contributed by atoms with Crippen LogP contribution in [0.15, 0.2) is 23.3 Å². The second kappa shape index (κ2) is 5.61. The third kappa shape index (κ3) is 2.21. The zero-order valence-electron chi connectivity index (χ0n) is 14.4.